The predicted molar refractivity (Wildman–Crippen MR) is 107 cm³/mol. The van der Waals surface area contributed by atoms with Gasteiger partial charge in [0.2, 0.25) is 5.91 Å². The summed E-state index contributed by atoms with van der Waals surface area (Å²) in [6.45, 7) is 5.23. The van der Waals surface area contributed by atoms with Gasteiger partial charge in [-0.05, 0) is 50.1 Å². The molecule has 0 radical (unpaired) electrons. The summed E-state index contributed by atoms with van der Waals surface area (Å²) in [6, 6.07) is 12.7. The Morgan fingerprint density at radius 2 is 1.81 bits per heavy atom. The van der Waals surface area contributed by atoms with Crippen LogP contribution in [0.4, 0.5) is 5.69 Å². The van der Waals surface area contributed by atoms with Crippen molar-refractivity contribution < 1.29 is 14.3 Å². The Kier molecular flexibility index (Phi) is 7.37. The first-order valence-corrected chi connectivity index (χ1v) is 8.80. The van der Waals surface area contributed by atoms with E-state index in [0.29, 0.717) is 22.2 Å². The number of amides is 2. The summed E-state index contributed by atoms with van der Waals surface area (Å²) in [5, 5.41) is 7.29. The maximum Gasteiger partial charge on any atom is 0.277 e. The third kappa shape index (κ3) is 6.42. The number of aryl methyl sites for hydroxylation is 1. The number of nitrogens with zero attached hydrogens (tertiary/aromatic N) is 1. The summed E-state index contributed by atoms with van der Waals surface area (Å²) in [5.41, 5.74) is 5.24. The van der Waals surface area contributed by atoms with E-state index in [0.717, 1.165) is 11.1 Å². The maximum atomic E-state index is 12.1. The number of ether oxygens (including phenoxy) is 1. The minimum absolute atomic E-state index is 0.0465. The lowest BCUT2D eigenvalue weighted by molar-refractivity contribution is -0.123. The average molecular weight is 388 g/mol. The van der Waals surface area contributed by atoms with Crippen LogP contribution in [0.5, 0.6) is 5.75 Å². The zero-order valence-electron chi connectivity index (χ0n) is 15.5. The van der Waals surface area contributed by atoms with Gasteiger partial charge < -0.3 is 10.1 Å². The monoisotopic (exact) mass is 387 g/mol. The number of nitrogens with one attached hydrogen (secondary N) is 2. The highest BCUT2D eigenvalue weighted by molar-refractivity contribution is 6.31. The van der Waals surface area contributed by atoms with Gasteiger partial charge in [-0.25, -0.2) is 5.43 Å². The summed E-state index contributed by atoms with van der Waals surface area (Å²) in [7, 11) is 0. The first kappa shape index (κ1) is 20.5. The molecule has 0 aliphatic rings. The molecule has 2 amide bonds. The van der Waals surface area contributed by atoms with Crippen molar-refractivity contribution in [1.82, 2.24) is 5.43 Å². The molecule has 0 saturated carbocycles. The Balaban J connectivity index is 1.81. The van der Waals surface area contributed by atoms with Crippen molar-refractivity contribution in [2.24, 2.45) is 5.10 Å². The van der Waals surface area contributed by atoms with Crippen molar-refractivity contribution in [3.05, 3.63) is 58.6 Å². The number of hydrazone groups is 1. The Morgan fingerprint density at radius 3 is 2.56 bits per heavy atom. The molecular formula is C20H22ClN3O3. The van der Waals surface area contributed by atoms with E-state index in [1.165, 1.54) is 0 Å². The standard InChI is InChI=1S/C20H22ClN3O3/c1-13-7-4-5-10-18(13)27-12-20(26)24-23-14(2)11-19(25)22-17-9-6-8-16(21)15(17)3/h4-10H,11-12H2,1-3H3,(H,22,25)(H,24,26). The molecule has 0 spiro atoms. The molecule has 6 nitrogen and oxygen atoms in total. The van der Waals surface area contributed by atoms with E-state index >= 15 is 0 Å². The predicted octanol–water partition coefficient (Wildman–Crippen LogP) is 3.86. The molecule has 27 heavy (non-hydrogen) atoms. The zero-order chi connectivity index (χ0) is 19.8. The number of carbonyl (C=O) groups is 2. The normalized spacial score (nSPS) is 11.0. The number of halogens is 1. The number of rotatable bonds is 7. The maximum absolute atomic E-state index is 12.1. The van der Waals surface area contributed by atoms with Crippen molar-refractivity contribution in [3.8, 4) is 5.75 Å². The Hall–Kier alpha value is -2.86. The highest BCUT2D eigenvalue weighted by atomic mass is 35.5. The third-order valence-corrected chi connectivity index (χ3v) is 4.19. The quantitative estimate of drug-likeness (QED) is 0.559. The molecule has 2 aromatic rings. The van der Waals surface area contributed by atoms with Crippen LogP contribution in [0.1, 0.15) is 24.5 Å². The molecule has 0 aliphatic heterocycles. The molecule has 0 unspecified atom stereocenters. The molecule has 0 aromatic heterocycles. The van der Waals surface area contributed by atoms with Gasteiger partial charge in [-0.1, -0.05) is 35.9 Å². The molecule has 0 saturated heterocycles. The second kappa shape index (κ2) is 9.73. The highest BCUT2D eigenvalue weighted by Crippen LogP contribution is 2.23. The van der Waals surface area contributed by atoms with E-state index in [9.17, 15) is 9.59 Å². The Bertz CT molecular complexity index is 865. The second-order valence-corrected chi connectivity index (χ2v) is 6.48. The summed E-state index contributed by atoms with van der Waals surface area (Å²) in [6.07, 6.45) is 0.0465. The molecule has 0 bridgehead atoms. The van der Waals surface area contributed by atoms with Crippen molar-refractivity contribution in [2.75, 3.05) is 11.9 Å². The zero-order valence-corrected chi connectivity index (χ0v) is 16.3. The molecule has 2 rings (SSSR count). The van der Waals surface area contributed by atoms with Gasteiger partial charge in [0.15, 0.2) is 6.61 Å². The van der Waals surface area contributed by atoms with Gasteiger partial charge in [-0.3, -0.25) is 9.59 Å². The molecule has 2 aromatic carbocycles. The van der Waals surface area contributed by atoms with Crippen LogP contribution in [-0.2, 0) is 9.59 Å². The first-order chi connectivity index (χ1) is 12.9. The van der Waals surface area contributed by atoms with Crippen LogP contribution in [0.2, 0.25) is 5.02 Å². The van der Waals surface area contributed by atoms with Gasteiger partial charge in [0.1, 0.15) is 5.75 Å². The number of benzene rings is 2. The first-order valence-electron chi connectivity index (χ1n) is 8.42. The summed E-state index contributed by atoms with van der Waals surface area (Å²) in [4.78, 5) is 23.9. The number of anilines is 1. The topological polar surface area (TPSA) is 79.8 Å². The van der Waals surface area contributed by atoms with Crippen molar-refractivity contribution in [3.63, 3.8) is 0 Å². The average Bonchev–Trinajstić information content (AvgIpc) is 2.63. The summed E-state index contributed by atoms with van der Waals surface area (Å²) >= 11 is 6.04. The smallest absolute Gasteiger partial charge is 0.277 e. The largest absolute Gasteiger partial charge is 0.483 e. The van der Waals surface area contributed by atoms with Crippen molar-refractivity contribution in [2.45, 2.75) is 27.2 Å². The van der Waals surface area contributed by atoms with E-state index in [4.69, 9.17) is 16.3 Å². The summed E-state index contributed by atoms with van der Waals surface area (Å²) in [5.74, 6) is 0.000318. The number of para-hydroxylation sites is 1. The van der Waals surface area contributed by atoms with Crippen LogP contribution in [0.3, 0.4) is 0 Å². The van der Waals surface area contributed by atoms with E-state index < -0.39 is 5.91 Å². The van der Waals surface area contributed by atoms with Gasteiger partial charge in [-0.15, -0.1) is 0 Å². The minimum Gasteiger partial charge on any atom is -0.483 e. The Morgan fingerprint density at radius 1 is 1.07 bits per heavy atom. The SMILES string of the molecule is CC(CC(=O)Nc1cccc(Cl)c1C)=NNC(=O)COc1ccccc1C. The summed E-state index contributed by atoms with van der Waals surface area (Å²) < 4.78 is 5.44. The van der Waals surface area contributed by atoms with Gasteiger partial charge in [-0.2, -0.15) is 5.10 Å². The molecule has 0 heterocycles. The number of hydrogen-bond donors (Lipinski definition) is 2. The van der Waals surface area contributed by atoms with Gasteiger partial charge in [0.05, 0.1) is 6.42 Å². The van der Waals surface area contributed by atoms with Gasteiger partial charge in [0, 0.05) is 16.4 Å². The fourth-order valence-electron chi connectivity index (χ4n) is 2.26. The fraction of sp³-hybridized carbons (Fsp3) is 0.250. The van der Waals surface area contributed by atoms with Crippen LogP contribution in [0.15, 0.2) is 47.6 Å². The molecular weight excluding hydrogens is 366 g/mol. The Labute approximate surface area is 163 Å². The van der Waals surface area contributed by atoms with Gasteiger partial charge in [0.25, 0.3) is 5.91 Å². The van der Waals surface area contributed by atoms with E-state index in [1.54, 1.807) is 31.2 Å². The van der Waals surface area contributed by atoms with E-state index in [2.05, 4.69) is 15.8 Å². The molecule has 0 aliphatic carbocycles. The van der Waals surface area contributed by atoms with Crippen LogP contribution < -0.4 is 15.5 Å². The third-order valence-electron chi connectivity index (χ3n) is 3.78. The van der Waals surface area contributed by atoms with Gasteiger partial charge >= 0.3 is 0 Å². The molecule has 2 N–H and O–H groups in total. The highest BCUT2D eigenvalue weighted by Gasteiger charge is 2.09. The second-order valence-electron chi connectivity index (χ2n) is 6.07. The lowest BCUT2D eigenvalue weighted by Crippen LogP contribution is -2.26. The minimum atomic E-state index is -0.399. The van der Waals surface area contributed by atoms with E-state index in [1.807, 2.05) is 32.0 Å². The van der Waals surface area contributed by atoms with Crippen LogP contribution in [0.25, 0.3) is 0 Å². The molecule has 142 valence electrons. The van der Waals surface area contributed by atoms with E-state index in [-0.39, 0.29) is 18.9 Å². The van der Waals surface area contributed by atoms with Crippen LogP contribution in [0, 0.1) is 13.8 Å². The number of carbonyl (C=O) groups excluding carboxylic acids is 2. The van der Waals surface area contributed by atoms with Crippen LogP contribution in [-0.4, -0.2) is 24.1 Å². The molecule has 0 fully saturated rings. The van der Waals surface area contributed by atoms with Crippen molar-refractivity contribution in [1.29, 1.82) is 0 Å². The molecule has 0 atom stereocenters. The fourth-order valence-corrected chi connectivity index (χ4v) is 2.44. The van der Waals surface area contributed by atoms with Crippen LogP contribution >= 0.6 is 11.6 Å². The van der Waals surface area contributed by atoms with Crippen molar-refractivity contribution >= 4 is 34.8 Å². The lowest BCUT2D eigenvalue weighted by atomic mass is 10.2. The lowest BCUT2D eigenvalue weighted by Gasteiger charge is -2.10. The molecule has 7 heteroatoms. The number of hydrogen-bond acceptors (Lipinski definition) is 4.